The Kier molecular flexibility index (Phi) is 11.3. The smallest absolute Gasteiger partial charge is 0.193 e. The molecule has 6 nitrogen and oxygen atoms in total. The first kappa shape index (κ1) is 22.9. The average molecular weight is 468 g/mol. The summed E-state index contributed by atoms with van der Waals surface area (Å²) in [6.45, 7) is 16.9. The van der Waals surface area contributed by atoms with Gasteiger partial charge in [-0.2, -0.15) is 0 Å². The number of aliphatic imine (C=N–C) groups is 1. The van der Waals surface area contributed by atoms with Crippen LogP contribution in [0.2, 0.25) is 0 Å². The highest BCUT2D eigenvalue weighted by atomic mass is 127. The molecule has 2 rings (SSSR count). The van der Waals surface area contributed by atoms with Gasteiger partial charge in [0, 0.05) is 50.8 Å². The Balaban J connectivity index is 0.00000312. The van der Waals surface area contributed by atoms with Crippen LogP contribution in [0.1, 0.15) is 34.1 Å². The predicted octanol–water partition coefficient (Wildman–Crippen LogP) is 2.04. The monoisotopic (exact) mass is 468 g/mol. The van der Waals surface area contributed by atoms with Crippen molar-refractivity contribution in [3.05, 3.63) is 0 Å². The van der Waals surface area contributed by atoms with Gasteiger partial charge in [0.05, 0.1) is 26.4 Å². The number of nitrogens with zero attached hydrogens (tertiary/aromatic N) is 3. The van der Waals surface area contributed by atoms with Crippen molar-refractivity contribution in [1.82, 2.24) is 15.1 Å². The van der Waals surface area contributed by atoms with Crippen molar-refractivity contribution >= 4 is 29.9 Å². The van der Waals surface area contributed by atoms with Gasteiger partial charge in [-0.25, -0.2) is 0 Å². The number of likely N-dealkylation sites (tertiary alicyclic amines) is 1. The van der Waals surface area contributed by atoms with Crippen LogP contribution < -0.4 is 5.32 Å². The van der Waals surface area contributed by atoms with Gasteiger partial charge in [0.15, 0.2) is 5.96 Å². The largest absolute Gasteiger partial charge is 0.381 e. The third-order valence-corrected chi connectivity index (χ3v) is 4.97. The zero-order valence-electron chi connectivity index (χ0n) is 16.4. The Morgan fingerprint density at radius 1 is 1.36 bits per heavy atom. The van der Waals surface area contributed by atoms with E-state index in [1.165, 1.54) is 6.42 Å². The third-order valence-electron chi connectivity index (χ3n) is 4.97. The van der Waals surface area contributed by atoms with Crippen LogP contribution >= 0.6 is 24.0 Å². The molecule has 0 aromatic carbocycles. The summed E-state index contributed by atoms with van der Waals surface area (Å²) < 4.78 is 11.1. The third kappa shape index (κ3) is 7.19. The van der Waals surface area contributed by atoms with E-state index in [9.17, 15) is 0 Å². The van der Waals surface area contributed by atoms with E-state index in [2.05, 4.69) is 42.8 Å². The fourth-order valence-corrected chi connectivity index (χ4v) is 3.59. The lowest BCUT2D eigenvalue weighted by molar-refractivity contribution is -0.0166. The summed E-state index contributed by atoms with van der Waals surface area (Å²) in [6.07, 6.45) is 1.19. The Labute approximate surface area is 170 Å². The number of morpholine rings is 1. The normalized spacial score (nSPS) is 26.4. The molecule has 2 fully saturated rings. The summed E-state index contributed by atoms with van der Waals surface area (Å²) in [7, 11) is 0. The summed E-state index contributed by atoms with van der Waals surface area (Å²) in [6, 6.07) is 0.924. The Hall–Kier alpha value is -0.120. The second-order valence-electron chi connectivity index (χ2n) is 6.97. The molecule has 0 aliphatic carbocycles. The van der Waals surface area contributed by atoms with Crippen LogP contribution in [-0.2, 0) is 9.47 Å². The lowest BCUT2D eigenvalue weighted by Crippen LogP contribution is -2.49. The van der Waals surface area contributed by atoms with Gasteiger partial charge in [-0.1, -0.05) is 0 Å². The minimum atomic E-state index is 0. The number of ether oxygens (including phenoxy) is 2. The number of guanidine groups is 1. The maximum atomic E-state index is 5.59. The van der Waals surface area contributed by atoms with E-state index in [0.29, 0.717) is 18.0 Å². The molecule has 3 atom stereocenters. The second-order valence-corrected chi connectivity index (χ2v) is 6.97. The molecule has 0 saturated carbocycles. The summed E-state index contributed by atoms with van der Waals surface area (Å²) in [4.78, 5) is 9.83. The van der Waals surface area contributed by atoms with Crippen LogP contribution in [0.25, 0.3) is 0 Å². The van der Waals surface area contributed by atoms with E-state index in [1.807, 2.05) is 0 Å². The molecule has 0 aromatic rings. The van der Waals surface area contributed by atoms with Gasteiger partial charge >= 0.3 is 0 Å². The molecule has 0 bridgehead atoms. The molecule has 2 heterocycles. The molecule has 25 heavy (non-hydrogen) atoms. The molecule has 2 saturated heterocycles. The highest BCUT2D eigenvalue weighted by Crippen LogP contribution is 2.17. The van der Waals surface area contributed by atoms with Crippen molar-refractivity contribution in [1.29, 1.82) is 0 Å². The Morgan fingerprint density at radius 2 is 2.16 bits per heavy atom. The lowest BCUT2D eigenvalue weighted by Gasteiger charge is -2.37. The molecule has 1 N–H and O–H groups in total. The van der Waals surface area contributed by atoms with Crippen LogP contribution in [0.15, 0.2) is 4.99 Å². The fraction of sp³-hybridized carbons (Fsp3) is 0.944. The number of nitrogens with one attached hydrogen (secondary N) is 1. The maximum Gasteiger partial charge on any atom is 0.193 e. The van der Waals surface area contributed by atoms with Gasteiger partial charge in [-0.15, -0.1) is 24.0 Å². The van der Waals surface area contributed by atoms with Gasteiger partial charge in [-0.05, 0) is 34.1 Å². The lowest BCUT2D eigenvalue weighted by atomic mass is 10.1. The summed E-state index contributed by atoms with van der Waals surface area (Å²) in [5.41, 5.74) is 0. The molecule has 0 spiro atoms. The molecule has 0 aromatic heterocycles. The molecule has 7 heteroatoms. The minimum absolute atomic E-state index is 0. The van der Waals surface area contributed by atoms with E-state index in [0.717, 1.165) is 65.1 Å². The maximum absolute atomic E-state index is 5.59. The molecular formula is C18H37IN4O2. The van der Waals surface area contributed by atoms with Crippen molar-refractivity contribution in [3.63, 3.8) is 0 Å². The van der Waals surface area contributed by atoms with E-state index in [1.54, 1.807) is 0 Å². The van der Waals surface area contributed by atoms with Crippen molar-refractivity contribution in [2.24, 2.45) is 10.9 Å². The van der Waals surface area contributed by atoms with E-state index >= 15 is 0 Å². The van der Waals surface area contributed by atoms with Crippen molar-refractivity contribution in [2.75, 3.05) is 59.2 Å². The topological polar surface area (TPSA) is 49.3 Å². The molecule has 2 aliphatic heterocycles. The van der Waals surface area contributed by atoms with Gasteiger partial charge in [0.1, 0.15) is 0 Å². The van der Waals surface area contributed by atoms with Crippen LogP contribution in [0.3, 0.4) is 0 Å². The van der Waals surface area contributed by atoms with Crippen LogP contribution in [0.5, 0.6) is 0 Å². The number of rotatable bonds is 7. The molecule has 3 unspecified atom stereocenters. The molecule has 2 aliphatic rings. The second kappa shape index (κ2) is 12.3. The first-order valence-electron chi connectivity index (χ1n) is 9.60. The Morgan fingerprint density at radius 3 is 2.84 bits per heavy atom. The minimum Gasteiger partial charge on any atom is -0.381 e. The van der Waals surface area contributed by atoms with Crippen LogP contribution in [-0.4, -0.2) is 87.0 Å². The van der Waals surface area contributed by atoms with Gasteiger partial charge in [0.25, 0.3) is 0 Å². The van der Waals surface area contributed by atoms with Gasteiger partial charge in [-0.3, -0.25) is 9.89 Å². The highest BCUT2D eigenvalue weighted by Gasteiger charge is 2.26. The van der Waals surface area contributed by atoms with Crippen molar-refractivity contribution in [3.8, 4) is 0 Å². The summed E-state index contributed by atoms with van der Waals surface area (Å²) in [5.74, 6) is 1.69. The zero-order valence-corrected chi connectivity index (χ0v) is 18.7. The Bertz CT molecular complexity index is 397. The molecule has 0 radical (unpaired) electrons. The summed E-state index contributed by atoms with van der Waals surface area (Å²) in [5, 5.41) is 3.46. The van der Waals surface area contributed by atoms with Gasteiger partial charge < -0.3 is 19.7 Å². The van der Waals surface area contributed by atoms with Gasteiger partial charge in [0.2, 0.25) is 0 Å². The SMILES string of the molecule is CCNC(=NCC(C)N1CCOCC1C)N1CCC(COCC)C1.I. The first-order valence-corrected chi connectivity index (χ1v) is 9.60. The summed E-state index contributed by atoms with van der Waals surface area (Å²) >= 11 is 0. The quantitative estimate of drug-likeness (QED) is 0.352. The first-order chi connectivity index (χ1) is 11.7. The van der Waals surface area contributed by atoms with E-state index in [4.69, 9.17) is 14.5 Å². The predicted molar refractivity (Wildman–Crippen MR) is 114 cm³/mol. The number of hydrogen-bond donors (Lipinski definition) is 1. The zero-order chi connectivity index (χ0) is 17.4. The number of hydrogen-bond acceptors (Lipinski definition) is 4. The standard InChI is InChI=1S/C18H36N4O2.HI/c1-5-19-18(21-8-7-17(12-21)14-23-6-2)20-11-15(3)22-9-10-24-13-16(22)4;/h15-17H,5-14H2,1-4H3,(H,19,20);1H. The fourth-order valence-electron chi connectivity index (χ4n) is 3.59. The van der Waals surface area contributed by atoms with Crippen LogP contribution in [0, 0.1) is 5.92 Å². The number of halogens is 1. The van der Waals surface area contributed by atoms with Crippen molar-refractivity contribution in [2.45, 2.75) is 46.2 Å². The molecule has 148 valence electrons. The highest BCUT2D eigenvalue weighted by molar-refractivity contribution is 14.0. The van der Waals surface area contributed by atoms with Crippen molar-refractivity contribution < 1.29 is 9.47 Å². The molecular weight excluding hydrogens is 431 g/mol. The molecule has 0 amide bonds. The van der Waals surface area contributed by atoms with E-state index < -0.39 is 0 Å². The average Bonchev–Trinajstić information content (AvgIpc) is 3.05. The van der Waals surface area contributed by atoms with E-state index in [-0.39, 0.29) is 24.0 Å². The van der Waals surface area contributed by atoms with Crippen LogP contribution in [0.4, 0.5) is 0 Å².